The SMILES string of the molecule is COC(=O)NC(=NCC(Nc1ccccc1)c1ccc(C)cc1)NC(=O)OC. The molecular weight excluding hydrogens is 360 g/mol. The van der Waals surface area contributed by atoms with Crippen molar-refractivity contribution in [2.24, 2.45) is 4.99 Å². The molecule has 0 aliphatic rings. The standard InChI is InChI=1S/C20H24N4O4/c1-14-9-11-15(12-10-14)17(22-16-7-5-4-6-8-16)13-21-18(23-19(25)27-2)24-20(26)28-3/h4-12,17,22H,13H2,1-3H3,(H2,21,23,24,25,26). The quantitative estimate of drug-likeness (QED) is 0.543. The van der Waals surface area contributed by atoms with Gasteiger partial charge in [-0.1, -0.05) is 48.0 Å². The van der Waals surface area contributed by atoms with Crippen molar-refractivity contribution in [3.05, 3.63) is 65.7 Å². The number of alkyl carbamates (subject to hydrolysis) is 2. The lowest BCUT2D eigenvalue weighted by Gasteiger charge is -2.20. The van der Waals surface area contributed by atoms with Gasteiger partial charge in [-0.3, -0.25) is 10.6 Å². The average Bonchev–Trinajstić information content (AvgIpc) is 2.72. The predicted molar refractivity (Wildman–Crippen MR) is 107 cm³/mol. The molecule has 2 amide bonds. The number of hydrogen-bond donors (Lipinski definition) is 3. The highest BCUT2D eigenvalue weighted by Gasteiger charge is 2.14. The number of carbonyl (C=O) groups is 2. The molecule has 8 nitrogen and oxygen atoms in total. The highest BCUT2D eigenvalue weighted by atomic mass is 16.5. The molecular formula is C20H24N4O4. The van der Waals surface area contributed by atoms with Crippen LogP contribution in [0, 0.1) is 6.92 Å². The Morgan fingerprint density at radius 3 is 2.04 bits per heavy atom. The van der Waals surface area contributed by atoms with Gasteiger partial charge in [-0.05, 0) is 24.6 Å². The summed E-state index contributed by atoms with van der Waals surface area (Å²) in [6.07, 6.45) is -1.50. The fourth-order valence-electron chi connectivity index (χ4n) is 2.36. The summed E-state index contributed by atoms with van der Waals surface area (Å²) < 4.78 is 9.12. The third kappa shape index (κ3) is 6.64. The van der Waals surface area contributed by atoms with Gasteiger partial charge in [-0.2, -0.15) is 0 Å². The van der Waals surface area contributed by atoms with E-state index in [0.29, 0.717) is 0 Å². The Labute approximate surface area is 164 Å². The molecule has 28 heavy (non-hydrogen) atoms. The first-order valence-corrected chi connectivity index (χ1v) is 8.64. The molecule has 0 radical (unpaired) electrons. The van der Waals surface area contributed by atoms with E-state index in [0.717, 1.165) is 16.8 Å². The minimum absolute atomic E-state index is 0.0642. The van der Waals surface area contributed by atoms with Gasteiger partial charge in [0.05, 0.1) is 26.8 Å². The molecule has 2 rings (SSSR count). The Balaban J connectivity index is 2.24. The fourth-order valence-corrected chi connectivity index (χ4v) is 2.36. The summed E-state index contributed by atoms with van der Waals surface area (Å²) in [5.41, 5.74) is 3.08. The third-order valence-electron chi connectivity index (χ3n) is 3.84. The van der Waals surface area contributed by atoms with Crippen molar-refractivity contribution in [1.29, 1.82) is 0 Å². The molecule has 0 aliphatic carbocycles. The van der Waals surface area contributed by atoms with Gasteiger partial charge in [0.25, 0.3) is 0 Å². The van der Waals surface area contributed by atoms with E-state index < -0.39 is 12.2 Å². The van der Waals surface area contributed by atoms with Crippen LogP contribution in [-0.2, 0) is 9.47 Å². The van der Waals surface area contributed by atoms with Crippen molar-refractivity contribution in [2.45, 2.75) is 13.0 Å². The number of methoxy groups -OCH3 is 2. The molecule has 0 saturated heterocycles. The molecule has 2 aromatic rings. The maximum atomic E-state index is 11.5. The Hall–Kier alpha value is -3.55. The number of ether oxygens (including phenoxy) is 2. The second-order valence-corrected chi connectivity index (χ2v) is 5.90. The molecule has 0 aromatic heterocycles. The van der Waals surface area contributed by atoms with Crippen molar-refractivity contribution in [3.8, 4) is 0 Å². The summed E-state index contributed by atoms with van der Waals surface area (Å²) >= 11 is 0. The van der Waals surface area contributed by atoms with E-state index in [1.807, 2.05) is 61.5 Å². The zero-order valence-corrected chi connectivity index (χ0v) is 16.1. The van der Waals surface area contributed by atoms with E-state index in [1.165, 1.54) is 14.2 Å². The monoisotopic (exact) mass is 384 g/mol. The van der Waals surface area contributed by atoms with E-state index in [1.54, 1.807) is 0 Å². The summed E-state index contributed by atoms with van der Waals surface area (Å²) in [6.45, 7) is 2.25. The van der Waals surface area contributed by atoms with Gasteiger partial charge in [0.1, 0.15) is 0 Å². The first-order chi connectivity index (χ1) is 13.5. The number of anilines is 1. The molecule has 0 aliphatic heterocycles. The molecule has 2 aromatic carbocycles. The van der Waals surface area contributed by atoms with E-state index in [-0.39, 0.29) is 18.5 Å². The lowest BCUT2D eigenvalue weighted by atomic mass is 10.0. The Morgan fingerprint density at radius 2 is 1.50 bits per heavy atom. The summed E-state index contributed by atoms with van der Waals surface area (Å²) in [4.78, 5) is 27.4. The van der Waals surface area contributed by atoms with Crippen molar-refractivity contribution >= 4 is 23.8 Å². The maximum absolute atomic E-state index is 11.5. The number of rotatable bonds is 5. The molecule has 8 heteroatoms. The van der Waals surface area contributed by atoms with Gasteiger partial charge in [0.15, 0.2) is 0 Å². The zero-order valence-electron chi connectivity index (χ0n) is 16.1. The lowest BCUT2D eigenvalue weighted by Crippen LogP contribution is -2.44. The van der Waals surface area contributed by atoms with E-state index in [9.17, 15) is 9.59 Å². The van der Waals surface area contributed by atoms with Crippen LogP contribution < -0.4 is 16.0 Å². The first-order valence-electron chi connectivity index (χ1n) is 8.64. The highest BCUT2D eigenvalue weighted by molar-refractivity contribution is 6.01. The average molecular weight is 384 g/mol. The number of aliphatic imine (C=N–C) groups is 1. The number of aryl methyl sites for hydroxylation is 1. The Bertz CT molecular complexity index is 787. The number of nitrogens with zero attached hydrogens (tertiary/aromatic N) is 1. The topological polar surface area (TPSA) is 101 Å². The van der Waals surface area contributed by atoms with Crippen LogP contribution in [0.1, 0.15) is 17.2 Å². The van der Waals surface area contributed by atoms with E-state index in [4.69, 9.17) is 0 Å². The van der Waals surface area contributed by atoms with Crippen LogP contribution in [0.5, 0.6) is 0 Å². The van der Waals surface area contributed by atoms with Gasteiger partial charge in [-0.15, -0.1) is 0 Å². The molecule has 1 atom stereocenters. The van der Waals surface area contributed by atoms with Crippen LogP contribution in [0.25, 0.3) is 0 Å². The van der Waals surface area contributed by atoms with Crippen LogP contribution in [0.4, 0.5) is 15.3 Å². The van der Waals surface area contributed by atoms with Crippen molar-refractivity contribution in [3.63, 3.8) is 0 Å². The van der Waals surface area contributed by atoms with E-state index >= 15 is 0 Å². The molecule has 1 unspecified atom stereocenters. The fraction of sp³-hybridized carbons (Fsp3) is 0.250. The largest absolute Gasteiger partial charge is 0.453 e. The Morgan fingerprint density at radius 1 is 0.929 bits per heavy atom. The molecule has 0 fully saturated rings. The van der Waals surface area contributed by atoms with Gasteiger partial charge < -0.3 is 14.8 Å². The number of benzene rings is 2. The number of carbonyl (C=O) groups excluding carboxylic acids is 2. The highest BCUT2D eigenvalue weighted by Crippen LogP contribution is 2.20. The number of amides is 2. The summed E-state index contributed by atoms with van der Waals surface area (Å²) in [7, 11) is 2.44. The van der Waals surface area contributed by atoms with Gasteiger partial charge in [0.2, 0.25) is 5.96 Å². The lowest BCUT2D eigenvalue weighted by molar-refractivity contribution is 0.173. The second kappa shape index (κ2) is 10.6. The van der Waals surface area contributed by atoms with Crippen LogP contribution in [0.2, 0.25) is 0 Å². The molecule has 0 bridgehead atoms. The van der Waals surface area contributed by atoms with Crippen molar-refractivity contribution < 1.29 is 19.1 Å². The third-order valence-corrected chi connectivity index (χ3v) is 3.84. The molecule has 148 valence electrons. The van der Waals surface area contributed by atoms with Crippen LogP contribution in [-0.4, -0.2) is 38.9 Å². The number of hydrogen-bond acceptors (Lipinski definition) is 6. The van der Waals surface area contributed by atoms with Crippen LogP contribution in [0.15, 0.2) is 59.6 Å². The van der Waals surface area contributed by atoms with Gasteiger partial charge in [0, 0.05) is 5.69 Å². The normalized spacial score (nSPS) is 11.0. The smallest absolute Gasteiger partial charge is 0.413 e. The minimum atomic E-state index is -0.752. The number of para-hydroxylation sites is 1. The zero-order chi connectivity index (χ0) is 20.4. The molecule has 0 spiro atoms. The summed E-state index contributed by atoms with van der Waals surface area (Å²) in [5.74, 6) is -0.0642. The first kappa shape index (κ1) is 20.8. The molecule has 3 N–H and O–H groups in total. The maximum Gasteiger partial charge on any atom is 0.413 e. The van der Waals surface area contributed by atoms with Gasteiger partial charge >= 0.3 is 12.2 Å². The van der Waals surface area contributed by atoms with Crippen LogP contribution in [0.3, 0.4) is 0 Å². The van der Waals surface area contributed by atoms with Gasteiger partial charge in [-0.25, -0.2) is 14.6 Å². The molecule has 0 saturated carbocycles. The van der Waals surface area contributed by atoms with Crippen molar-refractivity contribution in [1.82, 2.24) is 10.6 Å². The minimum Gasteiger partial charge on any atom is -0.453 e. The summed E-state index contributed by atoms with van der Waals surface area (Å²) in [5, 5.41) is 8.13. The Kier molecular flexibility index (Phi) is 7.83. The number of guanidine groups is 1. The van der Waals surface area contributed by atoms with Crippen LogP contribution >= 0.6 is 0 Å². The van der Waals surface area contributed by atoms with Crippen molar-refractivity contribution in [2.75, 3.05) is 26.1 Å². The molecule has 0 heterocycles. The predicted octanol–water partition coefficient (Wildman–Crippen LogP) is 3.22. The number of nitrogens with one attached hydrogen (secondary N) is 3. The summed E-state index contributed by atoms with van der Waals surface area (Å²) in [6, 6.07) is 17.5. The van der Waals surface area contributed by atoms with E-state index in [2.05, 4.69) is 30.4 Å². The second-order valence-electron chi connectivity index (χ2n) is 5.90.